The van der Waals surface area contributed by atoms with Crippen molar-refractivity contribution in [1.29, 1.82) is 0 Å². The van der Waals surface area contributed by atoms with E-state index < -0.39 is 0 Å². The third-order valence-corrected chi connectivity index (χ3v) is 3.32. The van der Waals surface area contributed by atoms with Crippen molar-refractivity contribution >= 4 is 40.3 Å². The lowest BCUT2D eigenvalue weighted by Crippen LogP contribution is -2.05. The van der Waals surface area contributed by atoms with Crippen LogP contribution in [-0.4, -0.2) is 21.2 Å². The first-order chi connectivity index (χ1) is 6.75. The molecule has 0 amide bonds. The van der Waals surface area contributed by atoms with E-state index in [9.17, 15) is 4.79 Å². The molecule has 0 N–H and O–H groups in total. The maximum Gasteiger partial charge on any atom is 0.243 e. The highest BCUT2D eigenvalue weighted by Gasteiger charge is 2.23. The average molecular weight is 225 g/mol. The molecule has 0 aliphatic carbocycles. The summed E-state index contributed by atoms with van der Waals surface area (Å²) in [5.74, 6) is 0.579. The largest absolute Gasteiger partial charge is 0.273 e. The van der Waals surface area contributed by atoms with Gasteiger partial charge in [-0.15, -0.1) is 0 Å². The minimum Gasteiger partial charge on any atom is -0.273 e. The van der Waals surface area contributed by atoms with Crippen LogP contribution in [-0.2, 0) is 0 Å². The molecule has 0 unspecified atom stereocenters. The average Bonchev–Trinajstić information content (AvgIpc) is 2.66. The van der Waals surface area contributed by atoms with Crippen LogP contribution in [0.2, 0.25) is 5.02 Å². The van der Waals surface area contributed by atoms with Gasteiger partial charge in [-0.05, 0) is 18.2 Å². The zero-order valence-corrected chi connectivity index (χ0v) is 8.60. The summed E-state index contributed by atoms with van der Waals surface area (Å²) >= 11 is 7.30. The van der Waals surface area contributed by atoms with Crippen molar-refractivity contribution in [3.63, 3.8) is 0 Å². The molecule has 2 aromatic rings. The van der Waals surface area contributed by atoms with Crippen LogP contribution in [0, 0.1) is 0 Å². The van der Waals surface area contributed by atoms with Gasteiger partial charge in [0, 0.05) is 5.02 Å². The van der Waals surface area contributed by atoms with E-state index in [1.807, 2.05) is 6.07 Å². The Labute approximate surface area is 89.1 Å². The summed E-state index contributed by atoms with van der Waals surface area (Å²) in [4.78, 5) is 15.8. The quantitative estimate of drug-likeness (QED) is 0.690. The molecule has 1 aromatic heterocycles. The van der Waals surface area contributed by atoms with Crippen LogP contribution in [0.5, 0.6) is 0 Å². The van der Waals surface area contributed by atoms with Gasteiger partial charge in [0.1, 0.15) is 0 Å². The van der Waals surface area contributed by atoms with Crippen LogP contribution in [0.4, 0.5) is 0 Å². The van der Waals surface area contributed by atoms with Gasteiger partial charge in [-0.3, -0.25) is 9.36 Å². The fourth-order valence-corrected chi connectivity index (χ4v) is 2.60. The smallest absolute Gasteiger partial charge is 0.243 e. The van der Waals surface area contributed by atoms with Crippen molar-refractivity contribution < 1.29 is 4.79 Å². The topological polar surface area (TPSA) is 34.9 Å². The number of thioether (sulfide) groups is 1. The fraction of sp³-hybridized carbons (Fsp3) is 0.111. The first-order valence-electron chi connectivity index (χ1n) is 4.10. The molecule has 3 nitrogen and oxygen atoms in total. The van der Waals surface area contributed by atoms with E-state index >= 15 is 0 Å². The van der Waals surface area contributed by atoms with Gasteiger partial charge in [-0.25, -0.2) is 4.98 Å². The molecule has 5 heteroatoms. The number of halogens is 1. The van der Waals surface area contributed by atoms with E-state index in [4.69, 9.17) is 11.6 Å². The molecule has 0 bridgehead atoms. The van der Waals surface area contributed by atoms with E-state index in [0.717, 1.165) is 16.2 Å². The Morgan fingerprint density at radius 2 is 2.36 bits per heavy atom. The summed E-state index contributed by atoms with van der Waals surface area (Å²) in [5, 5.41) is 1.42. The summed E-state index contributed by atoms with van der Waals surface area (Å²) in [6.45, 7) is 0. The van der Waals surface area contributed by atoms with E-state index in [1.165, 1.54) is 11.8 Å². The Hall–Kier alpha value is -1.00. The molecule has 1 aromatic carbocycles. The monoisotopic (exact) mass is 224 g/mol. The molecule has 0 fully saturated rings. The molecule has 0 saturated heterocycles. The second-order valence-electron chi connectivity index (χ2n) is 3.05. The number of aromatic nitrogens is 2. The number of hydrogen-bond donors (Lipinski definition) is 0. The molecule has 1 aliphatic rings. The standard InChI is InChI=1S/C9H5ClN2OS/c10-5-1-2-7-6(3-5)11-9-12(7)8(13)4-14-9/h1-3H,4H2. The highest BCUT2D eigenvalue weighted by molar-refractivity contribution is 8.00. The van der Waals surface area contributed by atoms with Crippen molar-refractivity contribution in [2.75, 3.05) is 5.75 Å². The maximum absolute atomic E-state index is 11.5. The van der Waals surface area contributed by atoms with E-state index in [0.29, 0.717) is 10.8 Å². The molecule has 0 radical (unpaired) electrons. The molecular formula is C9H5ClN2OS. The summed E-state index contributed by atoms with van der Waals surface area (Å²) < 4.78 is 1.65. The lowest BCUT2D eigenvalue weighted by Gasteiger charge is -1.95. The number of hydrogen-bond acceptors (Lipinski definition) is 3. The number of rotatable bonds is 0. The van der Waals surface area contributed by atoms with E-state index in [2.05, 4.69) is 4.98 Å². The Kier molecular flexibility index (Phi) is 1.63. The zero-order chi connectivity index (χ0) is 9.71. The van der Waals surface area contributed by atoms with Crippen LogP contribution in [0.3, 0.4) is 0 Å². The molecule has 3 rings (SSSR count). The van der Waals surface area contributed by atoms with Crippen LogP contribution in [0.15, 0.2) is 23.4 Å². The van der Waals surface area contributed by atoms with Crippen LogP contribution < -0.4 is 0 Å². The number of benzene rings is 1. The van der Waals surface area contributed by atoms with Gasteiger partial charge < -0.3 is 0 Å². The summed E-state index contributed by atoms with van der Waals surface area (Å²) in [6, 6.07) is 5.38. The molecule has 0 spiro atoms. The third-order valence-electron chi connectivity index (χ3n) is 2.16. The van der Waals surface area contributed by atoms with Gasteiger partial charge >= 0.3 is 0 Å². The molecule has 0 saturated carbocycles. The number of carbonyl (C=O) groups excluding carboxylic acids is 1. The van der Waals surface area contributed by atoms with Crippen molar-refractivity contribution in [1.82, 2.24) is 9.55 Å². The number of fused-ring (bicyclic) bond motifs is 3. The minimum atomic E-state index is 0.0924. The molecule has 14 heavy (non-hydrogen) atoms. The Morgan fingerprint density at radius 3 is 3.21 bits per heavy atom. The molecule has 2 heterocycles. The first kappa shape index (κ1) is 8.32. The fourth-order valence-electron chi connectivity index (χ4n) is 1.56. The second-order valence-corrected chi connectivity index (χ2v) is 4.42. The van der Waals surface area contributed by atoms with Gasteiger partial charge in [0.25, 0.3) is 0 Å². The summed E-state index contributed by atoms with van der Waals surface area (Å²) in [5.41, 5.74) is 1.63. The normalized spacial score (nSPS) is 15.1. The third kappa shape index (κ3) is 1.01. The Balaban J connectivity index is 2.41. The Bertz CT molecular complexity index is 549. The second kappa shape index (κ2) is 2.74. The highest BCUT2D eigenvalue weighted by Crippen LogP contribution is 2.30. The first-order valence-corrected chi connectivity index (χ1v) is 5.46. The predicted octanol–water partition coefficient (Wildman–Crippen LogP) is 2.44. The predicted molar refractivity (Wildman–Crippen MR) is 56.1 cm³/mol. The minimum absolute atomic E-state index is 0.0924. The molecule has 1 aliphatic heterocycles. The van der Waals surface area contributed by atoms with Crippen molar-refractivity contribution in [2.45, 2.75) is 5.16 Å². The molecule has 70 valence electrons. The zero-order valence-electron chi connectivity index (χ0n) is 7.03. The van der Waals surface area contributed by atoms with Gasteiger partial charge in [-0.1, -0.05) is 23.4 Å². The van der Waals surface area contributed by atoms with Crippen molar-refractivity contribution in [3.05, 3.63) is 23.2 Å². The highest BCUT2D eigenvalue weighted by atomic mass is 35.5. The van der Waals surface area contributed by atoms with Gasteiger partial charge in [0.2, 0.25) is 5.91 Å². The summed E-state index contributed by atoms with van der Waals surface area (Å²) in [6.07, 6.45) is 0. The lowest BCUT2D eigenvalue weighted by molar-refractivity contribution is 0.0944. The summed E-state index contributed by atoms with van der Waals surface area (Å²) in [7, 11) is 0. The van der Waals surface area contributed by atoms with Crippen LogP contribution in [0.25, 0.3) is 11.0 Å². The van der Waals surface area contributed by atoms with Crippen LogP contribution >= 0.6 is 23.4 Å². The van der Waals surface area contributed by atoms with E-state index in [-0.39, 0.29) is 5.91 Å². The van der Waals surface area contributed by atoms with Crippen molar-refractivity contribution in [3.8, 4) is 0 Å². The van der Waals surface area contributed by atoms with Gasteiger partial charge in [0.05, 0.1) is 16.8 Å². The number of carbonyl (C=O) groups is 1. The van der Waals surface area contributed by atoms with Crippen molar-refractivity contribution in [2.24, 2.45) is 0 Å². The van der Waals surface area contributed by atoms with Crippen LogP contribution in [0.1, 0.15) is 4.79 Å². The number of imidazole rings is 1. The van der Waals surface area contributed by atoms with E-state index in [1.54, 1.807) is 16.7 Å². The number of nitrogens with zero attached hydrogens (tertiary/aromatic N) is 2. The lowest BCUT2D eigenvalue weighted by atomic mass is 10.3. The molecule has 0 atom stereocenters. The Morgan fingerprint density at radius 1 is 1.50 bits per heavy atom. The van der Waals surface area contributed by atoms with Gasteiger partial charge in [0.15, 0.2) is 5.16 Å². The SMILES string of the molecule is O=C1CSc2nc3cc(Cl)ccc3n21. The maximum atomic E-state index is 11.5. The van der Waals surface area contributed by atoms with Gasteiger partial charge in [-0.2, -0.15) is 0 Å². The molecular weight excluding hydrogens is 220 g/mol.